The molecule has 2 aromatic rings. The van der Waals surface area contributed by atoms with Crippen LogP contribution < -0.4 is 5.32 Å². The third-order valence-corrected chi connectivity index (χ3v) is 7.78. The SMILES string of the molecule is CN1[C@@H](CCC(=O)N2CC[C@@H](O)C2)CNC(=O)[C@@H]2[C@H]1CCN2Cc1nc2ccccc2n1C. The number of benzene rings is 1. The van der Waals surface area contributed by atoms with E-state index in [1.165, 1.54) is 0 Å². The van der Waals surface area contributed by atoms with Gasteiger partial charge in [-0.05, 0) is 38.4 Å². The van der Waals surface area contributed by atoms with Crippen LogP contribution >= 0.6 is 0 Å². The third kappa shape index (κ3) is 4.25. The number of β-amino-alcohol motifs (C(OH)–C–C–N with tert-alkyl or cyclic N) is 1. The maximum absolute atomic E-state index is 13.1. The Hall–Kier alpha value is -2.49. The molecule has 178 valence electrons. The number of para-hydroxylation sites is 2. The number of fused-ring (bicyclic) bond motifs is 2. The molecule has 3 fully saturated rings. The number of likely N-dealkylation sites (N-methyl/N-ethyl adjacent to an activating group) is 1. The standard InChI is InChI=1S/C24H34N6O3/c1-27-16(7-8-22(32)29-11-9-17(31)14-29)13-25-24(33)23-20(27)10-12-30(23)15-21-26-18-5-3-4-6-19(18)28(21)2/h3-6,16-17,20,23,31H,7-15H2,1-2H3,(H,25,33)/t16-,17+,20+,23-/m0/s1. The number of aromatic nitrogens is 2. The molecule has 0 spiro atoms. The summed E-state index contributed by atoms with van der Waals surface area (Å²) in [5, 5.41) is 12.8. The minimum atomic E-state index is -0.393. The zero-order valence-electron chi connectivity index (χ0n) is 19.5. The molecule has 1 aromatic heterocycles. The van der Waals surface area contributed by atoms with Gasteiger partial charge in [0.2, 0.25) is 11.8 Å². The van der Waals surface area contributed by atoms with E-state index in [-0.39, 0.29) is 29.9 Å². The number of carbonyl (C=O) groups excluding carboxylic acids is 2. The monoisotopic (exact) mass is 454 g/mol. The summed E-state index contributed by atoms with van der Waals surface area (Å²) in [6, 6.07) is 8.13. The van der Waals surface area contributed by atoms with Gasteiger partial charge in [0.1, 0.15) is 11.9 Å². The average molecular weight is 455 g/mol. The number of aryl methyl sites for hydroxylation is 1. The topological polar surface area (TPSA) is 93.9 Å². The van der Waals surface area contributed by atoms with E-state index in [0.29, 0.717) is 45.4 Å². The molecule has 4 heterocycles. The van der Waals surface area contributed by atoms with Crippen LogP contribution in [0.4, 0.5) is 0 Å². The number of nitrogens with zero attached hydrogens (tertiary/aromatic N) is 5. The van der Waals surface area contributed by atoms with Crippen LogP contribution in [0.25, 0.3) is 11.0 Å². The molecule has 3 aliphatic heterocycles. The van der Waals surface area contributed by atoms with Gasteiger partial charge in [-0.25, -0.2) is 4.98 Å². The smallest absolute Gasteiger partial charge is 0.239 e. The molecule has 2 N–H and O–H groups in total. The molecule has 9 nitrogen and oxygen atoms in total. The van der Waals surface area contributed by atoms with Gasteiger partial charge in [0.15, 0.2) is 0 Å². The van der Waals surface area contributed by atoms with Crippen LogP contribution in [0.2, 0.25) is 0 Å². The Balaban J connectivity index is 1.25. The molecule has 0 saturated carbocycles. The average Bonchev–Trinajstić information content (AvgIpc) is 3.49. The molecule has 33 heavy (non-hydrogen) atoms. The lowest BCUT2D eigenvalue weighted by Crippen LogP contribution is -2.49. The Morgan fingerprint density at radius 1 is 1.21 bits per heavy atom. The van der Waals surface area contributed by atoms with Crippen molar-refractivity contribution in [1.29, 1.82) is 0 Å². The molecule has 4 atom stereocenters. The summed E-state index contributed by atoms with van der Waals surface area (Å²) in [6.07, 6.45) is 2.34. The lowest BCUT2D eigenvalue weighted by atomic mass is 10.0. The second kappa shape index (κ2) is 9.04. The van der Waals surface area contributed by atoms with Crippen LogP contribution in [0, 0.1) is 0 Å². The number of amides is 2. The van der Waals surface area contributed by atoms with Gasteiger partial charge in [-0.1, -0.05) is 12.1 Å². The van der Waals surface area contributed by atoms with Gasteiger partial charge in [-0.3, -0.25) is 19.4 Å². The largest absolute Gasteiger partial charge is 0.391 e. The van der Waals surface area contributed by atoms with E-state index in [4.69, 9.17) is 4.98 Å². The summed E-state index contributed by atoms with van der Waals surface area (Å²) in [5.41, 5.74) is 2.07. The lowest BCUT2D eigenvalue weighted by molar-refractivity contribution is -0.131. The first-order chi connectivity index (χ1) is 15.9. The van der Waals surface area contributed by atoms with Gasteiger partial charge >= 0.3 is 0 Å². The van der Waals surface area contributed by atoms with E-state index in [0.717, 1.165) is 29.8 Å². The van der Waals surface area contributed by atoms with Gasteiger partial charge in [-0.2, -0.15) is 0 Å². The maximum Gasteiger partial charge on any atom is 0.239 e. The molecule has 1 aromatic carbocycles. The van der Waals surface area contributed by atoms with Gasteiger partial charge in [0, 0.05) is 51.7 Å². The van der Waals surface area contributed by atoms with Crippen molar-refractivity contribution in [2.75, 3.05) is 33.2 Å². The Morgan fingerprint density at radius 2 is 2.03 bits per heavy atom. The van der Waals surface area contributed by atoms with Crippen LogP contribution in [0.5, 0.6) is 0 Å². The number of aliphatic hydroxyl groups excluding tert-OH is 1. The number of likely N-dealkylation sites (tertiary alicyclic amines) is 2. The third-order valence-electron chi connectivity index (χ3n) is 7.78. The van der Waals surface area contributed by atoms with Crippen LogP contribution in [0.1, 0.15) is 31.5 Å². The molecule has 5 rings (SSSR count). The summed E-state index contributed by atoms with van der Waals surface area (Å²) < 4.78 is 2.12. The van der Waals surface area contributed by atoms with Crippen LogP contribution in [0.3, 0.4) is 0 Å². The lowest BCUT2D eigenvalue weighted by Gasteiger charge is -2.33. The molecule has 2 amide bonds. The molecule has 3 saturated heterocycles. The highest BCUT2D eigenvalue weighted by Crippen LogP contribution is 2.29. The van der Waals surface area contributed by atoms with Crippen molar-refractivity contribution in [3.8, 4) is 0 Å². The van der Waals surface area contributed by atoms with Gasteiger partial charge in [0.05, 0.1) is 23.7 Å². The summed E-state index contributed by atoms with van der Waals surface area (Å²) >= 11 is 0. The molecule has 0 aliphatic carbocycles. The number of aliphatic hydroxyl groups is 1. The van der Waals surface area contributed by atoms with Gasteiger partial charge < -0.3 is 19.9 Å². The summed E-state index contributed by atoms with van der Waals surface area (Å²) in [6.45, 7) is 3.11. The summed E-state index contributed by atoms with van der Waals surface area (Å²) in [5.74, 6) is 1.13. The van der Waals surface area contributed by atoms with Gasteiger partial charge in [-0.15, -0.1) is 0 Å². The summed E-state index contributed by atoms with van der Waals surface area (Å²) in [4.78, 5) is 36.8. The number of hydrogen-bond acceptors (Lipinski definition) is 6. The Bertz CT molecular complexity index is 1040. The highest BCUT2D eigenvalue weighted by Gasteiger charge is 2.45. The molecule has 0 bridgehead atoms. The predicted molar refractivity (Wildman–Crippen MR) is 124 cm³/mol. The molecule has 0 radical (unpaired) electrons. The zero-order chi connectivity index (χ0) is 23.1. The van der Waals surface area contributed by atoms with E-state index in [1.54, 1.807) is 4.90 Å². The quantitative estimate of drug-likeness (QED) is 0.676. The fourth-order valence-electron chi connectivity index (χ4n) is 5.76. The van der Waals surface area contributed by atoms with Crippen molar-refractivity contribution < 1.29 is 14.7 Å². The number of carbonyl (C=O) groups is 2. The minimum absolute atomic E-state index is 0.0691. The first-order valence-corrected chi connectivity index (χ1v) is 12.0. The van der Waals surface area contributed by atoms with Gasteiger partial charge in [0.25, 0.3) is 0 Å². The van der Waals surface area contributed by atoms with Crippen LogP contribution in [0.15, 0.2) is 24.3 Å². The second-order valence-electron chi connectivity index (χ2n) is 9.73. The molecule has 3 aliphatic rings. The molecule has 9 heteroatoms. The maximum atomic E-state index is 13.1. The van der Waals surface area contributed by atoms with E-state index in [2.05, 4.69) is 32.8 Å². The van der Waals surface area contributed by atoms with E-state index >= 15 is 0 Å². The highest BCUT2D eigenvalue weighted by atomic mass is 16.3. The Morgan fingerprint density at radius 3 is 2.79 bits per heavy atom. The van der Waals surface area contributed by atoms with Crippen molar-refractivity contribution in [2.24, 2.45) is 7.05 Å². The Kier molecular flexibility index (Phi) is 6.11. The highest BCUT2D eigenvalue weighted by molar-refractivity contribution is 5.83. The first kappa shape index (κ1) is 22.3. The molecular formula is C24H34N6O3. The van der Waals surface area contributed by atoms with Crippen LogP contribution in [-0.2, 0) is 23.2 Å². The number of nitrogens with one attached hydrogen (secondary N) is 1. The second-order valence-corrected chi connectivity index (χ2v) is 9.73. The van der Waals surface area contributed by atoms with E-state index < -0.39 is 6.10 Å². The van der Waals surface area contributed by atoms with Crippen LogP contribution in [-0.4, -0.2) is 98.6 Å². The van der Waals surface area contributed by atoms with E-state index in [9.17, 15) is 14.7 Å². The molecular weight excluding hydrogens is 420 g/mol. The number of rotatable bonds is 5. The first-order valence-electron chi connectivity index (χ1n) is 12.0. The fraction of sp³-hybridized carbons (Fsp3) is 0.625. The van der Waals surface area contributed by atoms with Crippen molar-refractivity contribution in [3.05, 3.63) is 30.1 Å². The number of imidazole rings is 1. The zero-order valence-corrected chi connectivity index (χ0v) is 19.5. The van der Waals surface area contributed by atoms with E-state index in [1.807, 2.05) is 25.2 Å². The number of hydrogen-bond donors (Lipinski definition) is 2. The molecule has 0 unspecified atom stereocenters. The fourth-order valence-corrected chi connectivity index (χ4v) is 5.76. The summed E-state index contributed by atoms with van der Waals surface area (Å²) in [7, 11) is 4.12. The van der Waals surface area contributed by atoms with Crippen molar-refractivity contribution in [3.63, 3.8) is 0 Å². The minimum Gasteiger partial charge on any atom is -0.391 e. The Labute approximate surface area is 194 Å². The van der Waals surface area contributed by atoms with Crippen molar-refractivity contribution >= 4 is 22.8 Å². The predicted octanol–water partition coefficient (Wildman–Crippen LogP) is 0.320. The van der Waals surface area contributed by atoms with Crippen molar-refractivity contribution in [1.82, 2.24) is 29.6 Å². The van der Waals surface area contributed by atoms with Crippen molar-refractivity contribution in [2.45, 2.75) is 56.5 Å². The normalized spacial score (nSPS) is 28.8.